The zero-order chi connectivity index (χ0) is 15.2. The van der Waals surface area contributed by atoms with Gasteiger partial charge in [-0.1, -0.05) is 51.1 Å². The van der Waals surface area contributed by atoms with Crippen LogP contribution in [0.5, 0.6) is 0 Å². The molecular formula is C17H24N2OS. The van der Waals surface area contributed by atoms with E-state index in [9.17, 15) is 0 Å². The number of nitrogens with zero attached hydrogens (tertiary/aromatic N) is 1. The van der Waals surface area contributed by atoms with Gasteiger partial charge in [0.25, 0.3) is 0 Å². The second-order valence-corrected chi connectivity index (χ2v) is 6.47. The molecule has 1 heterocycles. The highest BCUT2D eigenvalue weighted by atomic mass is 32.1. The Labute approximate surface area is 131 Å². The Bertz CT molecular complexity index is 547. The van der Waals surface area contributed by atoms with Crippen LogP contribution in [0, 0.1) is 0 Å². The predicted octanol–water partition coefficient (Wildman–Crippen LogP) is 4.41. The Balaban J connectivity index is 2.36. The molecule has 0 saturated carbocycles. The maximum Gasteiger partial charge on any atom is 0.123 e. The number of benzene rings is 1. The second kappa shape index (κ2) is 7.69. The van der Waals surface area contributed by atoms with Crippen LogP contribution < -0.4 is 5.32 Å². The summed E-state index contributed by atoms with van der Waals surface area (Å²) in [4.78, 5) is 6.13. The average molecular weight is 304 g/mol. The summed E-state index contributed by atoms with van der Waals surface area (Å²) in [5.41, 5.74) is 2.26. The zero-order valence-corrected chi connectivity index (χ0v) is 14.0. The van der Waals surface area contributed by atoms with Gasteiger partial charge in [0.2, 0.25) is 0 Å². The molecule has 0 fully saturated rings. The molecule has 1 aromatic carbocycles. The number of hydrogen-bond donors (Lipinski definition) is 1. The first-order valence-electron chi connectivity index (χ1n) is 7.46. The fraction of sp³-hybridized carbons (Fsp3) is 0.471. The largest absolute Gasteiger partial charge is 0.374 e. The molecule has 0 aliphatic heterocycles. The minimum Gasteiger partial charge on any atom is -0.374 e. The van der Waals surface area contributed by atoms with Crippen molar-refractivity contribution in [1.29, 1.82) is 0 Å². The van der Waals surface area contributed by atoms with E-state index < -0.39 is 0 Å². The number of rotatable bonds is 7. The van der Waals surface area contributed by atoms with E-state index in [1.165, 1.54) is 10.4 Å². The second-order valence-electron chi connectivity index (χ2n) is 5.36. The molecule has 2 aromatic rings. The van der Waals surface area contributed by atoms with E-state index >= 15 is 0 Å². The van der Waals surface area contributed by atoms with Crippen molar-refractivity contribution in [2.45, 2.75) is 45.9 Å². The summed E-state index contributed by atoms with van der Waals surface area (Å²) in [6.45, 7) is 7.30. The molecule has 0 aliphatic carbocycles. The minimum atomic E-state index is 0.0882. The Morgan fingerprint density at radius 3 is 2.52 bits per heavy atom. The Morgan fingerprint density at radius 1 is 1.24 bits per heavy atom. The standard InChI is InChI=1S/C17H24N2OS/c1-5-14(20-4)17-19-16(13-9-7-6-8-10-13)15(21-17)11-18-12(2)3/h6-10,12,14,18H,5,11H2,1-4H3. The minimum absolute atomic E-state index is 0.0882. The lowest BCUT2D eigenvalue weighted by atomic mass is 10.1. The number of aromatic nitrogens is 1. The monoisotopic (exact) mass is 304 g/mol. The summed E-state index contributed by atoms with van der Waals surface area (Å²) in [6.07, 6.45) is 1.03. The highest BCUT2D eigenvalue weighted by Gasteiger charge is 2.18. The first kappa shape index (κ1) is 16.1. The molecule has 2 rings (SSSR count). The Kier molecular flexibility index (Phi) is 5.91. The quantitative estimate of drug-likeness (QED) is 0.823. The maximum atomic E-state index is 5.54. The highest BCUT2D eigenvalue weighted by Crippen LogP contribution is 2.33. The van der Waals surface area contributed by atoms with Crippen LogP contribution in [0.2, 0.25) is 0 Å². The highest BCUT2D eigenvalue weighted by molar-refractivity contribution is 7.12. The summed E-state index contributed by atoms with van der Waals surface area (Å²) in [5.74, 6) is 0. The summed E-state index contributed by atoms with van der Waals surface area (Å²) in [7, 11) is 1.75. The molecule has 1 aromatic heterocycles. The van der Waals surface area contributed by atoms with Crippen molar-refractivity contribution in [3.8, 4) is 11.3 Å². The molecule has 0 saturated heterocycles. The van der Waals surface area contributed by atoms with Crippen molar-refractivity contribution in [1.82, 2.24) is 10.3 Å². The third-order valence-corrected chi connectivity index (χ3v) is 4.51. The molecule has 0 spiro atoms. The van der Waals surface area contributed by atoms with Crippen molar-refractivity contribution in [2.24, 2.45) is 0 Å². The van der Waals surface area contributed by atoms with E-state index in [-0.39, 0.29) is 6.10 Å². The summed E-state index contributed by atoms with van der Waals surface area (Å²) >= 11 is 1.75. The number of nitrogens with one attached hydrogen (secondary N) is 1. The normalized spacial score (nSPS) is 12.8. The number of methoxy groups -OCH3 is 1. The van der Waals surface area contributed by atoms with E-state index in [1.807, 2.05) is 6.07 Å². The van der Waals surface area contributed by atoms with Gasteiger partial charge in [-0.15, -0.1) is 11.3 Å². The lowest BCUT2D eigenvalue weighted by Crippen LogP contribution is -2.21. The first-order valence-corrected chi connectivity index (χ1v) is 8.28. The van der Waals surface area contributed by atoms with E-state index in [1.54, 1.807) is 18.4 Å². The van der Waals surface area contributed by atoms with Crippen LogP contribution in [0.25, 0.3) is 11.3 Å². The van der Waals surface area contributed by atoms with E-state index in [0.717, 1.165) is 23.7 Å². The SMILES string of the molecule is CCC(OC)c1nc(-c2ccccc2)c(CNC(C)C)s1. The number of thiazole rings is 1. The molecule has 114 valence electrons. The predicted molar refractivity (Wildman–Crippen MR) is 89.6 cm³/mol. The summed E-state index contributed by atoms with van der Waals surface area (Å²) in [6, 6.07) is 10.8. The van der Waals surface area contributed by atoms with Gasteiger partial charge in [0.1, 0.15) is 11.1 Å². The van der Waals surface area contributed by atoms with Crippen LogP contribution in [0.3, 0.4) is 0 Å². The van der Waals surface area contributed by atoms with Gasteiger partial charge in [-0.3, -0.25) is 0 Å². The fourth-order valence-corrected chi connectivity index (χ4v) is 3.39. The van der Waals surface area contributed by atoms with Crippen LogP contribution in [0.15, 0.2) is 30.3 Å². The van der Waals surface area contributed by atoms with Crippen molar-refractivity contribution in [2.75, 3.05) is 7.11 Å². The molecule has 0 bridgehead atoms. The van der Waals surface area contributed by atoms with Crippen LogP contribution in [-0.2, 0) is 11.3 Å². The van der Waals surface area contributed by atoms with Crippen molar-refractivity contribution < 1.29 is 4.74 Å². The number of hydrogen-bond acceptors (Lipinski definition) is 4. The van der Waals surface area contributed by atoms with E-state index in [4.69, 9.17) is 9.72 Å². The van der Waals surface area contributed by atoms with Crippen molar-refractivity contribution >= 4 is 11.3 Å². The van der Waals surface area contributed by atoms with E-state index in [0.29, 0.717) is 6.04 Å². The number of ether oxygens (including phenoxy) is 1. The molecule has 1 unspecified atom stereocenters. The van der Waals surface area contributed by atoms with Gasteiger partial charge < -0.3 is 10.1 Å². The van der Waals surface area contributed by atoms with E-state index in [2.05, 4.69) is 50.4 Å². The molecule has 3 nitrogen and oxygen atoms in total. The lowest BCUT2D eigenvalue weighted by Gasteiger charge is -2.08. The lowest BCUT2D eigenvalue weighted by molar-refractivity contribution is 0.0998. The van der Waals surface area contributed by atoms with Gasteiger partial charge in [-0.25, -0.2) is 4.98 Å². The van der Waals surface area contributed by atoms with Crippen molar-refractivity contribution in [3.63, 3.8) is 0 Å². The third kappa shape index (κ3) is 4.13. The van der Waals surface area contributed by atoms with Crippen molar-refractivity contribution in [3.05, 3.63) is 40.2 Å². The van der Waals surface area contributed by atoms with Gasteiger partial charge in [0.05, 0.1) is 5.69 Å². The summed E-state index contributed by atoms with van der Waals surface area (Å²) < 4.78 is 5.54. The van der Waals surface area contributed by atoms with Gasteiger partial charge in [-0.2, -0.15) is 0 Å². The molecule has 1 N–H and O–H groups in total. The van der Waals surface area contributed by atoms with Crippen LogP contribution in [0.1, 0.15) is 43.2 Å². The molecule has 0 amide bonds. The van der Waals surface area contributed by atoms with Gasteiger partial charge in [0, 0.05) is 30.1 Å². The average Bonchev–Trinajstić information content (AvgIpc) is 2.91. The Morgan fingerprint density at radius 2 is 1.95 bits per heavy atom. The fourth-order valence-electron chi connectivity index (χ4n) is 2.19. The Hall–Kier alpha value is -1.23. The third-order valence-electron chi connectivity index (χ3n) is 3.36. The molecule has 0 radical (unpaired) electrons. The van der Waals surface area contributed by atoms with Crippen LogP contribution in [0.4, 0.5) is 0 Å². The van der Waals surface area contributed by atoms with Gasteiger partial charge in [-0.05, 0) is 6.42 Å². The molecule has 21 heavy (non-hydrogen) atoms. The van der Waals surface area contributed by atoms with Crippen LogP contribution >= 0.6 is 11.3 Å². The molecule has 0 aliphatic rings. The smallest absolute Gasteiger partial charge is 0.123 e. The zero-order valence-electron chi connectivity index (χ0n) is 13.2. The maximum absolute atomic E-state index is 5.54. The molecular weight excluding hydrogens is 280 g/mol. The van der Waals surface area contributed by atoms with Crippen LogP contribution in [-0.4, -0.2) is 18.1 Å². The van der Waals surface area contributed by atoms with Gasteiger partial charge in [0.15, 0.2) is 0 Å². The topological polar surface area (TPSA) is 34.1 Å². The summed E-state index contributed by atoms with van der Waals surface area (Å²) in [5, 5.41) is 4.56. The molecule has 1 atom stereocenters. The van der Waals surface area contributed by atoms with Gasteiger partial charge >= 0.3 is 0 Å². The first-order chi connectivity index (χ1) is 10.2. The molecule has 4 heteroatoms.